The van der Waals surface area contributed by atoms with E-state index in [4.69, 9.17) is 0 Å². The number of hydrogen-bond donors (Lipinski definition) is 1. The number of piperidine rings is 1. The number of ketones is 1. The van der Waals surface area contributed by atoms with Crippen molar-refractivity contribution in [3.8, 4) is 0 Å². The predicted octanol–water partition coefficient (Wildman–Crippen LogP) is 5.34. The Morgan fingerprint density at radius 3 is 2.49 bits per heavy atom. The molecule has 1 aromatic heterocycles. The first-order chi connectivity index (χ1) is 16.9. The van der Waals surface area contributed by atoms with Gasteiger partial charge in [0.1, 0.15) is 11.5 Å². The molecule has 5 nitrogen and oxygen atoms in total. The number of H-pyrrole nitrogens is 1. The maximum absolute atomic E-state index is 15.0. The van der Waals surface area contributed by atoms with Crippen molar-refractivity contribution in [3.63, 3.8) is 0 Å². The Kier molecular flexibility index (Phi) is 6.69. The molecule has 0 saturated carbocycles. The minimum atomic E-state index is -0.469. The average molecular weight is 480 g/mol. The van der Waals surface area contributed by atoms with Gasteiger partial charge in [-0.3, -0.25) is 9.59 Å². The second-order valence-electron chi connectivity index (χ2n) is 9.93. The van der Waals surface area contributed by atoms with Crippen LogP contribution < -0.4 is 0 Å². The zero-order valence-corrected chi connectivity index (χ0v) is 20.0. The van der Waals surface area contributed by atoms with Crippen LogP contribution in [0.4, 0.5) is 8.78 Å². The van der Waals surface area contributed by atoms with E-state index in [0.29, 0.717) is 23.0 Å². The monoisotopic (exact) mass is 479 g/mol. The molecule has 1 amide bonds. The zero-order valence-electron chi connectivity index (χ0n) is 20.0. The van der Waals surface area contributed by atoms with Crippen LogP contribution in [0.15, 0.2) is 42.5 Å². The molecule has 2 fully saturated rings. The van der Waals surface area contributed by atoms with E-state index >= 15 is 0 Å². The van der Waals surface area contributed by atoms with Crippen LogP contribution in [0, 0.1) is 24.5 Å². The number of aromatic nitrogens is 1. The SMILES string of the molecule is Cc1ccc2c(F)c(C(=O)N3CCC[C@H]3CCN3CCC(C(=O)c4ccc(F)cc4)CC3)[nH]c2c1. The third kappa shape index (κ3) is 4.87. The van der Waals surface area contributed by atoms with Gasteiger partial charge in [0.15, 0.2) is 11.6 Å². The minimum absolute atomic E-state index is 0.0325. The molecule has 3 aromatic rings. The fourth-order valence-electron chi connectivity index (χ4n) is 5.57. The van der Waals surface area contributed by atoms with Gasteiger partial charge < -0.3 is 14.8 Å². The van der Waals surface area contributed by atoms with Crippen molar-refractivity contribution in [2.75, 3.05) is 26.2 Å². The van der Waals surface area contributed by atoms with E-state index in [1.165, 1.54) is 12.1 Å². The van der Waals surface area contributed by atoms with E-state index in [2.05, 4.69) is 9.88 Å². The largest absolute Gasteiger partial charge is 0.348 e. The van der Waals surface area contributed by atoms with Gasteiger partial charge in [0.25, 0.3) is 5.91 Å². The summed E-state index contributed by atoms with van der Waals surface area (Å²) in [5.41, 5.74) is 2.29. The Morgan fingerprint density at radius 1 is 1.00 bits per heavy atom. The van der Waals surface area contributed by atoms with Gasteiger partial charge in [-0.25, -0.2) is 8.78 Å². The summed E-state index contributed by atoms with van der Waals surface area (Å²) in [7, 11) is 0. The van der Waals surface area contributed by atoms with E-state index in [1.807, 2.05) is 24.0 Å². The third-order valence-corrected chi connectivity index (χ3v) is 7.61. The van der Waals surface area contributed by atoms with Crippen LogP contribution in [0.25, 0.3) is 10.9 Å². The summed E-state index contributed by atoms with van der Waals surface area (Å²) in [5.74, 6) is -1.01. The van der Waals surface area contributed by atoms with Crippen LogP contribution in [0.5, 0.6) is 0 Å². The number of likely N-dealkylation sites (tertiary alicyclic amines) is 2. The number of fused-ring (bicyclic) bond motifs is 1. The first-order valence-corrected chi connectivity index (χ1v) is 12.5. The number of aromatic amines is 1. The van der Waals surface area contributed by atoms with Gasteiger partial charge >= 0.3 is 0 Å². The number of hydrogen-bond acceptors (Lipinski definition) is 3. The van der Waals surface area contributed by atoms with Gasteiger partial charge in [0, 0.05) is 41.5 Å². The highest BCUT2D eigenvalue weighted by Crippen LogP contribution is 2.28. The summed E-state index contributed by atoms with van der Waals surface area (Å²) >= 11 is 0. The lowest BCUT2D eigenvalue weighted by Crippen LogP contribution is -2.41. The van der Waals surface area contributed by atoms with Crippen molar-refractivity contribution in [1.29, 1.82) is 0 Å². The van der Waals surface area contributed by atoms with Crippen LogP contribution in [-0.2, 0) is 0 Å². The molecule has 2 aromatic carbocycles. The molecule has 2 aliphatic heterocycles. The number of carbonyl (C=O) groups excluding carboxylic acids is 2. The van der Waals surface area contributed by atoms with E-state index < -0.39 is 5.82 Å². The van der Waals surface area contributed by atoms with Crippen molar-refractivity contribution in [1.82, 2.24) is 14.8 Å². The van der Waals surface area contributed by atoms with Crippen molar-refractivity contribution in [2.45, 2.75) is 45.1 Å². The summed E-state index contributed by atoms with van der Waals surface area (Å²) in [4.78, 5) is 33.2. The molecule has 184 valence electrons. The number of amides is 1. The summed E-state index contributed by atoms with van der Waals surface area (Å²) in [5, 5.41) is 0.452. The average Bonchev–Trinajstić information content (AvgIpc) is 3.47. The molecule has 0 unspecified atom stereocenters. The molecule has 2 aliphatic rings. The molecule has 7 heteroatoms. The summed E-state index contributed by atoms with van der Waals surface area (Å²) in [6.45, 7) is 5.09. The Bertz CT molecular complexity index is 1230. The number of benzene rings is 2. The van der Waals surface area contributed by atoms with Gasteiger partial charge in [-0.15, -0.1) is 0 Å². The molecule has 0 aliphatic carbocycles. The summed E-state index contributed by atoms with van der Waals surface area (Å²) in [6, 6.07) is 11.3. The highest BCUT2D eigenvalue weighted by Gasteiger charge is 2.33. The van der Waals surface area contributed by atoms with E-state index in [1.54, 1.807) is 18.2 Å². The second kappa shape index (κ2) is 9.90. The van der Waals surface area contributed by atoms with Gasteiger partial charge in [-0.1, -0.05) is 6.07 Å². The molecule has 1 N–H and O–H groups in total. The minimum Gasteiger partial charge on any atom is -0.348 e. The third-order valence-electron chi connectivity index (χ3n) is 7.61. The molecular weight excluding hydrogens is 448 g/mol. The predicted molar refractivity (Wildman–Crippen MR) is 132 cm³/mol. The van der Waals surface area contributed by atoms with Crippen LogP contribution in [0.1, 0.15) is 58.5 Å². The molecule has 35 heavy (non-hydrogen) atoms. The number of nitrogens with zero attached hydrogens (tertiary/aromatic N) is 2. The van der Waals surface area contributed by atoms with E-state index in [0.717, 1.165) is 57.3 Å². The normalized spacial score (nSPS) is 19.5. The Balaban J connectivity index is 1.16. The molecule has 3 heterocycles. The zero-order chi connectivity index (χ0) is 24.5. The number of Topliss-reactive ketones (excluding diaryl/α,β-unsaturated/α-hetero) is 1. The molecule has 2 saturated heterocycles. The highest BCUT2D eigenvalue weighted by atomic mass is 19.1. The second-order valence-corrected chi connectivity index (χ2v) is 9.93. The molecule has 5 rings (SSSR count). The smallest absolute Gasteiger partial charge is 0.273 e. The molecular formula is C28H31F2N3O2. The molecule has 1 atom stereocenters. The van der Waals surface area contributed by atoms with Gasteiger partial charge in [-0.2, -0.15) is 0 Å². The van der Waals surface area contributed by atoms with Gasteiger partial charge in [0.05, 0.1) is 0 Å². The van der Waals surface area contributed by atoms with Gasteiger partial charge in [0.2, 0.25) is 0 Å². The van der Waals surface area contributed by atoms with E-state index in [-0.39, 0.29) is 35.2 Å². The van der Waals surface area contributed by atoms with Crippen LogP contribution in [0.2, 0.25) is 0 Å². The summed E-state index contributed by atoms with van der Waals surface area (Å²) < 4.78 is 28.1. The first-order valence-electron chi connectivity index (χ1n) is 12.5. The van der Waals surface area contributed by atoms with Gasteiger partial charge in [-0.05, 0) is 94.1 Å². The molecule has 0 bridgehead atoms. The Labute approximate surface area is 204 Å². The van der Waals surface area contributed by atoms with Crippen molar-refractivity contribution in [3.05, 3.63) is 70.9 Å². The standard InChI is InChI=1S/C28H31F2N3O2/c1-18-4-9-23-24(17-18)31-26(25(23)30)28(35)33-13-2-3-22(33)12-16-32-14-10-20(11-15-32)27(34)19-5-7-21(29)8-6-19/h4-9,17,20,22,31H,2-3,10-16H2,1H3/t22-/m0/s1. The number of nitrogens with one attached hydrogen (secondary N) is 1. The lowest BCUT2D eigenvalue weighted by Gasteiger charge is -2.33. The maximum Gasteiger partial charge on any atom is 0.273 e. The summed E-state index contributed by atoms with van der Waals surface area (Å²) in [6.07, 6.45) is 4.24. The number of rotatable bonds is 6. The maximum atomic E-state index is 15.0. The highest BCUT2D eigenvalue weighted by molar-refractivity contribution is 5.99. The van der Waals surface area contributed by atoms with Crippen LogP contribution in [-0.4, -0.2) is 58.7 Å². The topological polar surface area (TPSA) is 56.4 Å². The van der Waals surface area contributed by atoms with Crippen molar-refractivity contribution >= 4 is 22.6 Å². The van der Waals surface area contributed by atoms with Crippen molar-refractivity contribution < 1.29 is 18.4 Å². The Hall–Kier alpha value is -3.06. The van der Waals surface area contributed by atoms with Crippen LogP contribution in [0.3, 0.4) is 0 Å². The van der Waals surface area contributed by atoms with Crippen molar-refractivity contribution in [2.24, 2.45) is 5.92 Å². The number of carbonyl (C=O) groups is 2. The Morgan fingerprint density at radius 2 is 1.74 bits per heavy atom. The fraction of sp³-hybridized carbons (Fsp3) is 0.429. The molecule has 0 radical (unpaired) electrons. The van der Waals surface area contributed by atoms with Crippen LogP contribution >= 0.6 is 0 Å². The molecule has 0 spiro atoms. The number of halogens is 2. The lowest BCUT2D eigenvalue weighted by molar-refractivity contribution is 0.0696. The number of aryl methyl sites for hydroxylation is 1. The quantitative estimate of drug-likeness (QED) is 0.486. The fourth-order valence-corrected chi connectivity index (χ4v) is 5.57. The lowest BCUT2D eigenvalue weighted by atomic mass is 9.88. The van der Waals surface area contributed by atoms with E-state index in [9.17, 15) is 18.4 Å². The first kappa shape index (κ1) is 23.7.